The first kappa shape index (κ1) is 16.9. The standard InChI is InChI=1S/C16H14F3N5O/c1-9-6-13(11-4-3-5-20-7-11)23-14-12(8-21-24(9)14)15(25)22-10(2)16(17,18)19/h3-8,10H,1-2H3,(H,22,25). The Kier molecular flexibility index (Phi) is 4.15. The highest BCUT2D eigenvalue weighted by Gasteiger charge is 2.37. The topological polar surface area (TPSA) is 72.2 Å². The number of alkyl halides is 3. The molecule has 3 rings (SSSR count). The molecule has 1 N–H and O–H groups in total. The van der Waals surface area contributed by atoms with E-state index < -0.39 is 18.1 Å². The second-order valence-electron chi connectivity index (χ2n) is 5.55. The number of amides is 1. The van der Waals surface area contributed by atoms with Gasteiger partial charge in [-0.05, 0) is 32.0 Å². The molecule has 0 bridgehead atoms. The minimum absolute atomic E-state index is 0.0232. The third kappa shape index (κ3) is 3.30. The number of fused-ring (bicyclic) bond motifs is 1. The van der Waals surface area contributed by atoms with E-state index in [-0.39, 0.29) is 11.2 Å². The Morgan fingerprint density at radius 2 is 2.08 bits per heavy atom. The fourth-order valence-electron chi connectivity index (χ4n) is 2.29. The summed E-state index contributed by atoms with van der Waals surface area (Å²) < 4.78 is 39.4. The van der Waals surface area contributed by atoms with Crippen LogP contribution in [0.1, 0.15) is 23.0 Å². The normalized spacial score (nSPS) is 13.0. The molecular formula is C16H14F3N5O. The maximum absolute atomic E-state index is 12.7. The van der Waals surface area contributed by atoms with Crippen LogP contribution in [0.25, 0.3) is 16.9 Å². The van der Waals surface area contributed by atoms with Crippen LogP contribution < -0.4 is 5.32 Å². The monoisotopic (exact) mass is 349 g/mol. The molecule has 3 aromatic heterocycles. The molecule has 0 aliphatic heterocycles. The van der Waals surface area contributed by atoms with Crippen molar-refractivity contribution < 1.29 is 18.0 Å². The van der Waals surface area contributed by atoms with Gasteiger partial charge in [0.1, 0.15) is 11.6 Å². The van der Waals surface area contributed by atoms with Gasteiger partial charge in [-0.25, -0.2) is 9.50 Å². The molecule has 0 aliphatic carbocycles. The summed E-state index contributed by atoms with van der Waals surface area (Å²) >= 11 is 0. The predicted octanol–water partition coefficient (Wildman–Crippen LogP) is 2.78. The van der Waals surface area contributed by atoms with Gasteiger partial charge in [0, 0.05) is 23.7 Å². The SMILES string of the molecule is Cc1cc(-c2cccnc2)nc2c(C(=O)NC(C)C(F)(F)F)cnn12. The van der Waals surface area contributed by atoms with Gasteiger partial charge in [-0.2, -0.15) is 18.3 Å². The van der Waals surface area contributed by atoms with Gasteiger partial charge in [0.05, 0.1) is 11.9 Å². The number of nitrogens with zero attached hydrogens (tertiary/aromatic N) is 4. The molecule has 0 radical (unpaired) electrons. The molecule has 0 saturated carbocycles. The summed E-state index contributed by atoms with van der Waals surface area (Å²) in [5, 5.41) is 5.96. The van der Waals surface area contributed by atoms with E-state index in [1.54, 1.807) is 37.5 Å². The highest BCUT2D eigenvalue weighted by Crippen LogP contribution is 2.22. The van der Waals surface area contributed by atoms with Crippen molar-refractivity contribution in [2.24, 2.45) is 0 Å². The van der Waals surface area contributed by atoms with E-state index in [1.807, 2.05) is 5.32 Å². The van der Waals surface area contributed by atoms with Gasteiger partial charge in [0.15, 0.2) is 5.65 Å². The van der Waals surface area contributed by atoms with Crippen molar-refractivity contribution in [3.8, 4) is 11.3 Å². The highest BCUT2D eigenvalue weighted by molar-refractivity contribution is 6.00. The Balaban J connectivity index is 2.03. The van der Waals surface area contributed by atoms with Crippen molar-refractivity contribution in [1.29, 1.82) is 0 Å². The van der Waals surface area contributed by atoms with Crippen LogP contribution in [0.5, 0.6) is 0 Å². The molecule has 0 saturated heterocycles. The zero-order valence-corrected chi connectivity index (χ0v) is 13.4. The minimum Gasteiger partial charge on any atom is -0.340 e. The van der Waals surface area contributed by atoms with Gasteiger partial charge in [0.2, 0.25) is 0 Å². The zero-order valence-electron chi connectivity index (χ0n) is 13.4. The quantitative estimate of drug-likeness (QED) is 0.789. The summed E-state index contributed by atoms with van der Waals surface area (Å²) in [5.74, 6) is -0.880. The van der Waals surface area contributed by atoms with E-state index in [9.17, 15) is 18.0 Å². The average molecular weight is 349 g/mol. The first-order valence-electron chi connectivity index (χ1n) is 7.40. The van der Waals surface area contributed by atoms with Crippen molar-refractivity contribution in [2.45, 2.75) is 26.1 Å². The van der Waals surface area contributed by atoms with Crippen LogP contribution in [0.3, 0.4) is 0 Å². The summed E-state index contributed by atoms with van der Waals surface area (Å²) in [5.41, 5.74) is 2.13. The number of pyridine rings is 1. The summed E-state index contributed by atoms with van der Waals surface area (Å²) in [6, 6.07) is 3.33. The van der Waals surface area contributed by atoms with Crippen LogP contribution in [-0.4, -0.2) is 37.7 Å². The first-order valence-corrected chi connectivity index (χ1v) is 7.40. The Bertz CT molecular complexity index is 921. The number of nitrogens with one attached hydrogen (secondary N) is 1. The molecule has 3 heterocycles. The van der Waals surface area contributed by atoms with Gasteiger partial charge < -0.3 is 5.32 Å². The van der Waals surface area contributed by atoms with Crippen molar-refractivity contribution in [1.82, 2.24) is 24.9 Å². The molecule has 25 heavy (non-hydrogen) atoms. The second-order valence-corrected chi connectivity index (χ2v) is 5.55. The number of aryl methyl sites for hydroxylation is 1. The van der Waals surface area contributed by atoms with E-state index in [0.29, 0.717) is 11.4 Å². The minimum atomic E-state index is -4.52. The van der Waals surface area contributed by atoms with Crippen molar-refractivity contribution >= 4 is 11.6 Å². The van der Waals surface area contributed by atoms with Crippen LogP contribution in [0.15, 0.2) is 36.8 Å². The summed E-state index contributed by atoms with van der Waals surface area (Å²) in [4.78, 5) is 20.6. The Morgan fingerprint density at radius 1 is 1.32 bits per heavy atom. The molecular weight excluding hydrogens is 335 g/mol. The van der Waals surface area contributed by atoms with Gasteiger partial charge in [-0.3, -0.25) is 9.78 Å². The number of carbonyl (C=O) groups excluding carboxylic acids is 1. The van der Waals surface area contributed by atoms with Crippen molar-refractivity contribution in [2.75, 3.05) is 0 Å². The number of rotatable bonds is 3. The number of aromatic nitrogens is 4. The smallest absolute Gasteiger partial charge is 0.340 e. The molecule has 3 aromatic rings. The largest absolute Gasteiger partial charge is 0.408 e. The third-order valence-corrected chi connectivity index (χ3v) is 3.69. The van der Waals surface area contributed by atoms with E-state index in [1.165, 1.54) is 10.7 Å². The molecule has 130 valence electrons. The Hall–Kier alpha value is -2.97. The lowest BCUT2D eigenvalue weighted by Gasteiger charge is -2.16. The van der Waals surface area contributed by atoms with Crippen molar-refractivity contribution in [3.05, 3.63) is 48.0 Å². The van der Waals surface area contributed by atoms with Crippen LogP contribution in [0.4, 0.5) is 13.2 Å². The van der Waals surface area contributed by atoms with Gasteiger partial charge in [-0.15, -0.1) is 0 Å². The van der Waals surface area contributed by atoms with Crippen LogP contribution >= 0.6 is 0 Å². The van der Waals surface area contributed by atoms with Crippen LogP contribution in [0, 0.1) is 6.92 Å². The fourth-order valence-corrected chi connectivity index (χ4v) is 2.29. The molecule has 1 amide bonds. The summed E-state index contributed by atoms with van der Waals surface area (Å²) in [6.45, 7) is 2.64. The van der Waals surface area contributed by atoms with Crippen LogP contribution in [0.2, 0.25) is 0 Å². The molecule has 1 unspecified atom stereocenters. The molecule has 6 nitrogen and oxygen atoms in total. The molecule has 0 aromatic carbocycles. The van der Waals surface area contributed by atoms with Gasteiger partial charge in [-0.1, -0.05) is 0 Å². The lowest BCUT2D eigenvalue weighted by atomic mass is 10.2. The maximum Gasteiger partial charge on any atom is 0.408 e. The summed E-state index contributed by atoms with van der Waals surface area (Å²) in [7, 11) is 0. The lowest BCUT2D eigenvalue weighted by molar-refractivity contribution is -0.149. The molecule has 0 fully saturated rings. The second kappa shape index (κ2) is 6.15. The fraction of sp³-hybridized carbons (Fsp3) is 0.250. The number of hydrogen-bond donors (Lipinski definition) is 1. The lowest BCUT2D eigenvalue weighted by Crippen LogP contribution is -2.43. The highest BCUT2D eigenvalue weighted by atomic mass is 19.4. The van der Waals surface area contributed by atoms with Crippen LogP contribution in [-0.2, 0) is 0 Å². The van der Waals surface area contributed by atoms with E-state index >= 15 is 0 Å². The summed E-state index contributed by atoms with van der Waals surface area (Å²) in [6.07, 6.45) is -0.0884. The first-order chi connectivity index (χ1) is 11.8. The molecule has 0 spiro atoms. The van der Waals surface area contributed by atoms with E-state index in [0.717, 1.165) is 12.5 Å². The number of halogens is 3. The predicted molar refractivity (Wildman–Crippen MR) is 83.9 cm³/mol. The van der Waals surface area contributed by atoms with E-state index in [4.69, 9.17) is 0 Å². The molecule has 1 atom stereocenters. The van der Waals surface area contributed by atoms with Crippen molar-refractivity contribution in [3.63, 3.8) is 0 Å². The van der Waals surface area contributed by atoms with Gasteiger partial charge >= 0.3 is 6.18 Å². The Morgan fingerprint density at radius 3 is 2.72 bits per heavy atom. The Labute approximate surface area is 140 Å². The van der Waals surface area contributed by atoms with E-state index in [2.05, 4.69) is 15.1 Å². The average Bonchev–Trinajstić information content (AvgIpc) is 2.99. The molecule has 9 heteroatoms. The zero-order chi connectivity index (χ0) is 18.2. The number of hydrogen-bond acceptors (Lipinski definition) is 4. The maximum atomic E-state index is 12.7. The third-order valence-electron chi connectivity index (χ3n) is 3.69. The van der Waals surface area contributed by atoms with Gasteiger partial charge in [0.25, 0.3) is 5.91 Å². The molecule has 0 aliphatic rings. The number of carbonyl (C=O) groups is 1.